The third kappa shape index (κ3) is 6.62. The average molecular weight is 781 g/mol. The van der Waals surface area contributed by atoms with Gasteiger partial charge in [-0.25, -0.2) is 0 Å². The van der Waals surface area contributed by atoms with Gasteiger partial charge in [-0.2, -0.15) is 0 Å². The first-order valence-electron chi connectivity index (χ1n) is 20.1. The number of nitrogens with two attached hydrogens (primary N) is 1. The number of allylic oxidation sites excluding steroid dienone is 3. The number of nitrogens with one attached hydrogen (secondary N) is 1. The first kappa shape index (κ1) is 37.7. The van der Waals surface area contributed by atoms with E-state index < -0.39 is 36.4 Å². The van der Waals surface area contributed by atoms with Crippen LogP contribution in [0.4, 0.5) is 0 Å². The lowest BCUT2D eigenvalue weighted by Gasteiger charge is -2.40. The van der Waals surface area contributed by atoms with Gasteiger partial charge in [0.1, 0.15) is 30.0 Å². The van der Waals surface area contributed by atoms with Gasteiger partial charge in [-0.15, -0.1) is 0 Å². The Hall–Kier alpha value is -5.89. The van der Waals surface area contributed by atoms with Crippen molar-refractivity contribution in [3.05, 3.63) is 124 Å². The highest BCUT2D eigenvalue weighted by Gasteiger charge is 2.52. The van der Waals surface area contributed by atoms with Crippen LogP contribution < -0.4 is 25.3 Å². The second-order valence-electron chi connectivity index (χ2n) is 16.3. The molecule has 1 unspecified atom stereocenters. The Balaban J connectivity index is 1.29. The van der Waals surface area contributed by atoms with Crippen LogP contribution in [-0.4, -0.2) is 48.0 Å². The minimum absolute atomic E-state index is 0.0143. The summed E-state index contributed by atoms with van der Waals surface area (Å²) >= 11 is 0. The number of dihydropyridines is 1. The zero-order valence-electron chi connectivity index (χ0n) is 32.7. The largest absolute Gasteiger partial charge is 0.508 e. The number of esters is 1. The van der Waals surface area contributed by atoms with Gasteiger partial charge in [-0.05, 0) is 108 Å². The Labute approximate surface area is 338 Å². The van der Waals surface area contributed by atoms with E-state index in [1.54, 1.807) is 12.1 Å². The normalized spacial score (nSPS) is 24.7. The number of fused-ring (bicyclic) bond motifs is 6. The second kappa shape index (κ2) is 15.1. The monoisotopic (exact) mass is 780 g/mol. The molecule has 0 aromatic heterocycles. The topological polar surface area (TPSA) is 153 Å². The fourth-order valence-corrected chi connectivity index (χ4v) is 10.5. The molecule has 3 heterocycles. The summed E-state index contributed by atoms with van der Waals surface area (Å²) in [7, 11) is 1.51. The van der Waals surface area contributed by atoms with E-state index in [-0.39, 0.29) is 29.9 Å². The Morgan fingerprint density at radius 1 is 1.03 bits per heavy atom. The number of aromatic hydroxyl groups is 2. The van der Waals surface area contributed by atoms with Crippen LogP contribution in [0.5, 0.6) is 28.7 Å². The highest BCUT2D eigenvalue weighted by Crippen LogP contribution is 2.63. The number of carbonyl (C=O) groups excluding carboxylic acids is 1. The van der Waals surface area contributed by atoms with E-state index >= 15 is 0 Å². The summed E-state index contributed by atoms with van der Waals surface area (Å²) in [4.78, 5) is 12.4. The van der Waals surface area contributed by atoms with E-state index in [1.807, 2.05) is 24.3 Å². The molecule has 298 valence electrons. The predicted octanol–water partition coefficient (Wildman–Crippen LogP) is 6.98. The molecule has 58 heavy (non-hydrogen) atoms. The van der Waals surface area contributed by atoms with Crippen LogP contribution in [0.1, 0.15) is 78.0 Å². The summed E-state index contributed by atoms with van der Waals surface area (Å²) in [6, 6.07) is 21.6. The molecule has 10 nitrogen and oxygen atoms in total. The molecule has 1 fully saturated rings. The van der Waals surface area contributed by atoms with Crippen LogP contribution in [0.2, 0.25) is 0 Å². The summed E-state index contributed by atoms with van der Waals surface area (Å²) in [6.07, 6.45) is 8.52. The van der Waals surface area contributed by atoms with Gasteiger partial charge in [-0.3, -0.25) is 4.79 Å². The number of aryl methyl sites for hydroxylation is 1. The molecule has 2 aliphatic carbocycles. The molecule has 3 aliphatic heterocycles. The molecule has 6 N–H and O–H groups in total. The van der Waals surface area contributed by atoms with E-state index in [1.165, 1.54) is 19.6 Å². The van der Waals surface area contributed by atoms with Gasteiger partial charge in [-0.1, -0.05) is 54.5 Å². The number of hydrogen-bond donors (Lipinski definition) is 5. The van der Waals surface area contributed by atoms with Crippen LogP contribution >= 0.6 is 0 Å². The summed E-state index contributed by atoms with van der Waals surface area (Å²) in [5.41, 5.74) is 15.5. The molecule has 0 saturated heterocycles. The van der Waals surface area contributed by atoms with Crippen LogP contribution in [0, 0.1) is 23.7 Å². The summed E-state index contributed by atoms with van der Waals surface area (Å²) in [5, 5.41) is 35.6. The molecule has 5 aliphatic rings. The van der Waals surface area contributed by atoms with E-state index in [2.05, 4.69) is 59.6 Å². The number of hydrogen-bond acceptors (Lipinski definition) is 10. The van der Waals surface area contributed by atoms with E-state index in [0.717, 1.165) is 88.1 Å². The van der Waals surface area contributed by atoms with Gasteiger partial charge in [0.05, 0.1) is 24.9 Å². The van der Waals surface area contributed by atoms with Crippen molar-refractivity contribution in [1.29, 1.82) is 0 Å². The fourth-order valence-electron chi connectivity index (χ4n) is 10.5. The third-order valence-electron chi connectivity index (χ3n) is 12.9. The van der Waals surface area contributed by atoms with E-state index in [0.29, 0.717) is 24.3 Å². The van der Waals surface area contributed by atoms with E-state index in [4.69, 9.17) is 24.7 Å². The Morgan fingerprint density at radius 2 is 1.88 bits per heavy atom. The van der Waals surface area contributed by atoms with Gasteiger partial charge in [0.15, 0.2) is 18.3 Å². The first-order chi connectivity index (χ1) is 28.2. The molecular formula is C48H48N2O8. The molecule has 0 radical (unpaired) electrons. The molecule has 9 rings (SSSR count). The SMILES string of the molecule is COc1cc2c(cc1O)CC#CC1=C(C=CC(N)N1)[C@H](CCc1ccccc1)[C@@H]1CC[C@@]3(Cc4cc(O)cc(OCO)c4-c4ccc5c(c43)O[C@H]2[C@H]5COC(C)=O)C1. The summed E-state index contributed by atoms with van der Waals surface area (Å²) < 4.78 is 24.5. The Morgan fingerprint density at radius 3 is 2.67 bits per heavy atom. The molecule has 1 spiro atoms. The summed E-state index contributed by atoms with van der Waals surface area (Å²) in [5.74, 6) is 8.01. The number of ether oxygens (including phenoxy) is 4. The van der Waals surface area contributed by atoms with Crippen molar-refractivity contribution in [3.8, 4) is 51.7 Å². The highest BCUT2D eigenvalue weighted by molar-refractivity contribution is 5.84. The molecule has 4 aromatic carbocycles. The quantitative estimate of drug-likeness (QED) is 0.0720. The average Bonchev–Trinajstić information content (AvgIpc) is 3.79. The maximum atomic E-state index is 12.4. The van der Waals surface area contributed by atoms with Crippen molar-refractivity contribution in [1.82, 2.24) is 5.32 Å². The van der Waals surface area contributed by atoms with E-state index in [9.17, 15) is 20.1 Å². The zero-order chi connectivity index (χ0) is 40.1. The molecule has 0 amide bonds. The summed E-state index contributed by atoms with van der Waals surface area (Å²) in [6.45, 7) is 0.929. The number of carbonyl (C=O) groups is 1. The van der Waals surface area contributed by atoms with Gasteiger partial charge in [0.2, 0.25) is 0 Å². The molecular weight excluding hydrogens is 733 g/mol. The number of aliphatic hydroxyl groups excluding tert-OH is 1. The second-order valence-corrected chi connectivity index (χ2v) is 16.3. The zero-order valence-corrected chi connectivity index (χ0v) is 32.7. The highest BCUT2D eigenvalue weighted by atomic mass is 16.6. The van der Waals surface area contributed by atoms with Gasteiger partial charge in [0.25, 0.3) is 0 Å². The van der Waals surface area contributed by atoms with Crippen molar-refractivity contribution >= 4 is 5.97 Å². The minimum atomic E-state index is -0.613. The number of rotatable bonds is 8. The van der Waals surface area contributed by atoms with Crippen LogP contribution in [0.25, 0.3) is 11.1 Å². The van der Waals surface area contributed by atoms with Crippen molar-refractivity contribution in [2.45, 2.75) is 75.5 Å². The van der Waals surface area contributed by atoms with Crippen molar-refractivity contribution in [2.24, 2.45) is 17.6 Å². The van der Waals surface area contributed by atoms with Gasteiger partial charge >= 0.3 is 5.97 Å². The fraction of sp³-hybridized carbons (Fsp3) is 0.354. The molecule has 1 saturated carbocycles. The third-order valence-corrected chi connectivity index (χ3v) is 12.9. The number of aliphatic hydroxyl groups is 1. The number of phenolic OH excluding ortho intramolecular Hbond substituents is 2. The number of benzene rings is 4. The van der Waals surface area contributed by atoms with Crippen LogP contribution in [0.3, 0.4) is 0 Å². The number of phenols is 2. The molecule has 4 aromatic rings. The van der Waals surface area contributed by atoms with Gasteiger partial charge in [0, 0.05) is 47.1 Å². The Bertz CT molecular complexity index is 2410. The Kier molecular flexibility index (Phi) is 9.83. The van der Waals surface area contributed by atoms with Gasteiger partial charge < -0.3 is 45.3 Å². The van der Waals surface area contributed by atoms with Crippen molar-refractivity contribution in [3.63, 3.8) is 0 Å². The lowest BCUT2D eigenvalue weighted by Crippen LogP contribution is -2.38. The smallest absolute Gasteiger partial charge is 0.302 e. The molecule has 10 heteroatoms. The van der Waals surface area contributed by atoms with Crippen LogP contribution in [0.15, 0.2) is 90.2 Å². The minimum Gasteiger partial charge on any atom is -0.508 e. The molecule has 6 atom stereocenters. The first-order valence-corrected chi connectivity index (χ1v) is 20.1. The number of methoxy groups -OCH3 is 1. The predicted molar refractivity (Wildman–Crippen MR) is 218 cm³/mol. The molecule has 4 bridgehead atoms. The van der Waals surface area contributed by atoms with Crippen molar-refractivity contribution in [2.75, 3.05) is 20.5 Å². The van der Waals surface area contributed by atoms with Crippen LogP contribution in [-0.2, 0) is 34.2 Å². The maximum absolute atomic E-state index is 12.4. The maximum Gasteiger partial charge on any atom is 0.302 e. The standard InChI is InChI=1S/C48H48N2O8/c1-27(52)56-25-38-35-13-14-36-44-31(19-32(53)21-42(44)57-26-51)24-48-18-17-30(23-48)33(12-11-28-7-4-3-5-8-28)34-15-16-43(49)50-39(34)10-6-9-29-20-40(54)41(55-2)22-37(29)46(38)58-47(35)45(36)48/h3-5,7-8,13-16,19-22,30,33,38,43,46,50-51,53-54H,9,11-12,17-18,23-26,49H2,1-2H3/t30-,33-,38+,43?,46-,48+/m1/s1. The lowest BCUT2D eigenvalue weighted by molar-refractivity contribution is -0.141. The van der Waals surface area contributed by atoms with Crippen molar-refractivity contribution < 1.29 is 39.1 Å². The lowest BCUT2D eigenvalue weighted by atomic mass is 9.64.